The first-order valence-electron chi connectivity index (χ1n) is 6.73. The van der Waals surface area contributed by atoms with Crippen LogP contribution in [0.4, 0.5) is 0 Å². The zero-order chi connectivity index (χ0) is 19.3. The summed E-state index contributed by atoms with van der Waals surface area (Å²) in [5, 5.41) is 17.3. The first-order chi connectivity index (χ1) is 11.4. The second kappa shape index (κ2) is 8.49. The monoisotopic (exact) mass is 392 g/mol. The molecule has 1 unspecified atom stereocenters. The molecular weight excluding hydrogens is 374 g/mol. The summed E-state index contributed by atoms with van der Waals surface area (Å²) in [7, 11) is -9.95. The molecule has 0 heterocycles. The fourth-order valence-electron chi connectivity index (χ4n) is 1.66. The quantitative estimate of drug-likeness (QED) is 0.390. The Balaban J connectivity index is 0.000000324. The van der Waals surface area contributed by atoms with Crippen LogP contribution >= 0.6 is 15.6 Å². The largest absolute Gasteiger partial charge is 0.536 e. The van der Waals surface area contributed by atoms with E-state index in [2.05, 4.69) is 8.83 Å². The average Bonchev–Trinajstić information content (AvgIpc) is 2.44. The SMILES string of the molecule is Cc1cccc(C)c1OP(=O)(O)OP(=O)(O)O.Oc1ccc(O)cc1. The molecule has 2 aromatic rings. The highest BCUT2D eigenvalue weighted by Gasteiger charge is 2.34. The van der Waals surface area contributed by atoms with Crippen LogP contribution in [0.25, 0.3) is 0 Å². The van der Waals surface area contributed by atoms with Gasteiger partial charge in [0.1, 0.15) is 17.2 Å². The Morgan fingerprint density at radius 2 is 1.20 bits per heavy atom. The van der Waals surface area contributed by atoms with Gasteiger partial charge in [-0.3, -0.25) is 4.89 Å². The van der Waals surface area contributed by atoms with Crippen LogP contribution in [0.5, 0.6) is 17.2 Å². The van der Waals surface area contributed by atoms with Gasteiger partial charge in [0.25, 0.3) is 0 Å². The summed E-state index contributed by atoms with van der Waals surface area (Å²) in [5.41, 5.74) is 1.10. The number of para-hydroxylation sites is 1. The third-order valence-corrected chi connectivity index (χ3v) is 4.76. The predicted molar refractivity (Wildman–Crippen MR) is 89.3 cm³/mol. The van der Waals surface area contributed by atoms with Crippen molar-refractivity contribution in [3.8, 4) is 17.2 Å². The van der Waals surface area contributed by atoms with E-state index < -0.39 is 15.6 Å². The molecule has 25 heavy (non-hydrogen) atoms. The van der Waals surface area contributed by atoms with E-state index in [4.69, 9.17) is 20.0 Å². The molecule has 0 aliphatic heterocycles. The number of aromatic hydroxyl groups is 2. The van der Waals surface area contributed by atoms with Crippen molar-refractivity contribution >= 4 is 15.6 Å². The average molecular weight is 392 g/mol. The lowest BCUT2D eigenvalue weighted by Gasteiger charge is -2.16. The number of phosphoric acid groups is 2. The molecule has 0 aliphatic carbocycles. The molecule has 0 saturated heterocycles. The van der Waals surface area contributed by atoms with Crippen molar-refractivity contribution in [2.24, 2.45) is 0 Å². The topological polar surface area (TPSA) is 154 Å². The molecule has 0 aliphatic rings. The maximum atomic E-state index is 11.3. The van der Waals surface area contributed by atoms with Gasteiger partial charge >= 0.3 is 15.6 Å². The Labute approximate surface area is 144 Å². The number of rotatable bonds is 4. The van der Waals surface area contributed by atoms with Crippen LogP contribution in [-0.2, 0) is 13.4 Å². The summed E-state index contributed by atoms with van der Waals surface area (Å²) in [6, 6.07) is 10.7. The Morgan fingerprint density at radius 1 is 0.800 bits per heavy atom. The van der Waals surface area contributed by atoms with Crippen LogP contribution in [0.15, 0.2) is 42.5 Å². The molecule has 0 radical (unpaired) electrons. The van der Waals surface area contributed by atoms with Crippen LogP contribution in [0, 0.1) is 13.8 Å². The zero-order valence-corrected chi connectivity index (χ0v) is 15.1. The lowest BCUT2D eigenvalue weighted by Crippen LogP contribution is -1.98. The Kier molecular flexibility index (Phi) is 7.19. The second-order valence-corrected chi connectivity index (χ2v) is 7.62. The fourth-order valence-corrected chi connectivity index (χ4v) is 3.39. The summed E-state index contributed by atoms with van der Waals surface area (Å²) in [6.45, 7) is 3.25. The highest BCUT2D eigenvalue weighted by Crippen LogP contribution is 2.57. The van der Waals surface area contributed by atoms with Crippen LogP contribution in [0.1, 0.15) is 11.1 Å². The first kappa shape index (κ1) is 21.2. The van der Waals surface area contributed by atoms with Gasteiger partial charge in [-0.1, -0.05) is 18.2 Å². The van der Waals surface area contributed by atoms with Gasteiger partial charge < -0.3 is 24.5 Å². The van der Waals surface area contributed by atoms with Gasteiger partial charge in [-0.15, -0.1) is 0 Å². The Morgan fingerprint density at radius 3 is 1.56 bits per heavy atom. The highest BCUT2D eigenvalue weighted by molar-refractivity contribution is 7.60. The van der Waals surface area contributed by atoms with Crippen molar-refractivity contribution in [3.05, 3.63) is 53.6 Å². The van der Waals surface area contributed by atoms with Gasteiger partial charge in [0.15, 0.2) is 0 Å². The molecule has 0 fully saturated rings. The van der Waals surface area contributed by atoms with E-state index in [1.807, 2.05) is 0 Å². The summed E-state index contributed by atoms with van der Waals surface area (Å²) < 4.78 is 30.1. The van der Waals surface area contributed by atoms with Gasteiger partial charge in [0.2, 0.25) is 0 Å². The highest BCUT2D eigenvalue weighted by atomic mass is 31.3. The van der Waals surface area contributed by atoms with Crippen molar-refractivity contribution in [2.75, 3.05) is 0 Å². The van der Waals surface area contributed by atoms with Crippen LogP contribution in [0.2, 0.25) is 0 Å². The summed E-state index contributed by atoms with van der Waals surface area (Å²) >= 11 is 0. The number of hydrogen-bond donors (Lipinski definition) is 5. The minimum atomic E-state index is -5.09. The Hall–Kier alpha value is -1.86. The van der Waals surface area contributed by atoms with Crippen molar-refractivity contribution in [2.45, 2.75) is 13.8 Å². The molecule has 0 spiro atoms. The van der Waals surface area contributed by atoms with Crippen molar-refractivity contribution < 1.29 is 42.9 Å². The van der Waals surface area contributed by atoms with E-state index in [0.717, 1.165) is 0 Å². The molecule has 0 amide bonds. The van der Waals surface area contributed by atoms with Gasteiger partial charge in [-0.25, -0.2) is 9.13 Å². The van der Waals surface area contributed by atoms with Crippen molar-refractivity contribution in [1.82, 2.24) is 0 Å². The number of phenolic OH excluding ortho intramolecular Hbond substituents is 2. The number of hydrogen-bond acceptors (Lipinski definition) is 6. The fraction of sp³-hybridized carbons (Fsp3) is 0.143. The third kappa shape index (κ3) is 8.18. The molecule has 2 rings (SSSR count). The number of aryl methyl sites for hydroxylation is 2. The lowest BCUT2D eigenvalue weighted by atomic mass is 10.1. The van der Waals surface area contributed by atoms with Crippen LogP contribution in [-0.4, -0.2) is 24.9 Å². The minimum absolute atomic E-state index is 0.0618. The maximum Gasteiger partial charge on any atom is 0.536 e. The van der Waals surface area contributed by atoms with Gasteiger partial charge in [0.05, 0.1) is 0 Å². The normalized spacial score (nSPS) is 13.3. The molecular formula is C14H18O9P2. The van der Waals surface area contributed by atoms with Crippen LogP contribution < -0.4 is 4.52 Å². The number of phosphoric ester groups is 1. The lowest BCUT2D eigenvalue weighted by molar-refractivity contribution is 0.229. The van der Waals surface area contributed by atoms with Gasteiger partial charge in [-0.2, -0.15) is 4.31 Å². The smallest absolute Gasteiger partial charge is 0.508 e. The standard InChI is InChI=1S/C8H12O7P2.C6H6O2/c1-6-4-3-5-7(2)8(6)14-17(12,13)15-16(9,10)11;7-5-1-2-6(8)4-3-5/h3-5H,1-2H3,(H,12,13)(H2,9,10,11);1-4,7-8H. The molecule has 0 aromatic heterocycles. The van der Waals surface area contributed by atoms with Crippen molar-refractivity contribution in [3.63, 3.8) is 0 Å². The predicted octanol–water partition coefficient (Wildman–Crippen LogP) is 2.99. The molecule has 11 heteroatoms. The van der Waals surface area contributed by atoms with E-state index in [0.29, 0.717) is 11.1 Å². The Bertz CT molecular complexity index is 757. The zero-order valence-electron chi connectivity index (χ0n) is 13.3. The van der Waals surface area contributed by atoms with Crippen LogP contribution in [0.3, 0.4) is 0 Å². The summed E-state index contributed by atoms with van der Waals surface area (Å²) in [6.07, 6.45) is 0. The van der Waals surface area contributed by atoms with E-state index >= 15 is 0 Å². The van der Waals surface area contributed by atoms with E-state index in [1.165, 1.54) is 24.3 Å². The maximum absolute atomic E-state index is 11.3. The molecule has 0 bridgehead atoms. The van der Waals surface area contributed by atoms with E-state index in [9.17, 15) is 14.0 Å². The van der Waals surface area contributed by atoms with E-state index in [1.54, 1.807) is 32.0 Å². The number of benzene rings is 2. The number of phenols is 2. The molecule has 5 N–H and O–H groups in total. The summed E-state index contributed by atoms with van der Waals surface area (Å²) in [5.74, 6) is 0.400. The molecule has 9 nitrogen and oxygen atoms in total. The van der Waals surface area contributed by atoms with Crippen molar-refractivity contribution in [1.29, 1.82) is 0 Å². The summed E-state index contributed by atoms with van der Waals surface area (Å²) in [4.78, 5) is 26.1. The first-order valence-corrected chi connectivity index (χ1v) is 9.76. The van der Waals surface area contributed by atoms with E-state index in [-0.39, 0.29) is 17.2 Å². The molecule has 138 valence electrons. The minimum Gasteiger partial charge on any atom is -0.508 e. The third-order valence-electron chi connectivity index (χ3n) is 2.67. The molecule has 1 atom stereocenters. The molecule has 2 aromatic carbocycles. The second-order valence-electron chi connectivity index (χ2n) is 4.87. The molecule has 0 saturated carbocycles. The van der Waals surface area contributed by atoms with Gasteiger partial charge in [0, 0.05) is 0 Å². The van der Waals surface area contributed by atoms with Gasteiger partial charge in [-0.05, 0) is 49.2 Å².